The second kappa shape index (κ2) is 5.07. The highest BCUT2D eigenvalue weighted by atomic mass is 19.4. The van der Waals surface area contributed by atoms with E-state index in [1.165, 1.54) is 6.33 Å². The molecule has 1 aromatic rings. The highest BCUT2D eigenvalue weighted by Gasteiger charge is 2.39. The average Bonchev–Trinajstić information content (AvgIpc) is 2.22. The molecule has 1 aliphatic heterocycles. The fourth-order valence-corrected chi connectivity index (χ4v) is 1.67. The molecule has 0 atom stereocenters. The Hall–Kier alpha value is -1.41. The number of alkyl halides is 3. The van der Waals surface area contributed by atoms with Gasteiger partial charge in [0.1, 0.15) is 18.2 Å². The molecule has 0 aliphatic carbocycles. The van der Waals surface area contributed by atoms with Crippen LogP contribution in [0.4, 0.5) is 19.0 Å². The predicted molar refractivity (Wildman–Crippen MR) is 55.9 cm³/mol. The maximum atomic E-state index is 11.9. The summed E-state index contributed by atoms with van der Waals surface area (Å²) in [4.78, 5) is 9.66. The van der Waals surface area contributed by atoms with Crippen molar-refractivity contribution in [3.63, 3.8) is 0 Å². The van der Waals surface area contributed by atoms with Crippen LogP contribution in [0.15, 0.2) is 12.4 Å². The first-order chi connectivity index (χ1) is 8.48. The van der Waals surface area contributed by atoms with Gasteiger partial charge in [0.25, 0.3) is 0 Å². The summed E-state index contributed by atoms with van der Waals surface area (Å²) in [7, 11) is 1.54. The van der Waals surface area contributed by atoms with Crippen molar-refractivity contribution < 1.29 is 22.6 Å². The Kier molecular flexibility index (Phi) is 3.67. The zero-order chi connectivity index (χ0) is 13.2. The second-order valence-corrected chi connectivity index (χ2v) is 3.89. The molecule has 1 aliphatic rings. The van der Waals surface area contributed by atoms with Crippen molar-refractivity contribution in [3.05, 3.63) is 18.1 Å². The summed E-state index contributed by atoms with van der Waals surface area (Å²) in [6, 6.07) is 1.69. The van der Waals surface area contributed by atoms with Crippen LogP contribution in [-0.2, 0) is 16.1 Å². The van der Waals surface area contributed by atoms with Gasteiger partial charge in [0.2, 0.25) is 0 Å². The molecule has 0 amide bonds. The fourth-order valence-electron chi connectivity index (χ4n) is 1.67. The number of halogens is 3. The molecule has 5 nitrogen and oxygen atoms in total. The Balaban J connectivity index is 1.90. The van der Waals surface area contributed by atoms with Crippen molar-refractivity contribution in [1.82, 2.24) is 9.97 Å². The van der Waals surface area contributed by atoms with Crippen LogP contribution in [0.5, 0.6) is 0 Å². The molecule has 1 saturated heterocycles. The summed E-state index contributed by atoms with van der Waals surface area (Å²) in [5, 5.41) is 0. The first kappa shape index (κ1) is 13.0. The van der Waals surface area contributed by atoms with Gasteiger partial charge in [0.05, 0.1) is 12.3 Å². The van der Waals surface area contributed by atoms with Gasteiger partial charge in [-0.25, -0.2) is 9.97 Å². The molecular weight excluding hydrogens is 251 g/mol. The van der Waals surface area contributed by atoms with E-state index in [9.17, 15) is 13.2 Å². The molecule has 0 aromatic carbocycles. The number of aromatic nitrogens is 2. The zero-order valence-electron chi connectivity index (χ0n) is 9.65. The van der Waals surface area contributed by atoms with Gasteiger partial charge in [-0.05, 0) is 0 Å². The SMILES string of the molecule is COCc1cc(N2CC(OC(F)(F)F)C2)ncn1. The molecular formula is C10H12F3N3O2. The fraction of sp³-hybridized carbons (Fsp3) is 0.600. The van der Waals surface area contributed by atoms with E-state index < -0.39 is 12.5 Å². The van der Waals surface area contributed by atoms with Crippen LogP contribution >= 0.6 is 0 Å². The maximum absolute atomic E-state index is 11.9. The van der Waals surface area contributed by atoms with E-state index >= 15 is 0 Å². The number of anilines is 1. The largest absolute Gasteiger partial charge is 0.522 e. The van der Waals surface area contributed by atoms with E-state index in [0.29, 0.717) is 18.1 Å². The van der Waals surface area contributed by atoms with Crippen molar-refractivity contribution in [1.29, 1.82) is 0 Å². The van der Waals surface area contributed by atoms with Crippen LogP contribution in [0.3, 0.4) is 0 Å². The maximum Gasteiger partial charge on any atom is 0.522 e. The van der Waals surface area contributed by atoms with Crippen molar-refractivity contribution in [2.24, 2.45) is 0 Å². The van der Waals surface area contributed by atoms with Gasteiger partial charge in [-0.2, -0.15) is 0 Å². The van der Waals surface area contributed by atoms with Crippen LogP contribution in [0.2, 0.25) is 0 Å². The molecule has 0 bridgehead atoms. The van der Waals surface area contributed by atoms with Gasteiger partial charge < -0.3 is 9.64 Å². The quantitative estimate of drug-likeness (QED) is 0.820. The van der Waals surface area contributed by atoms with E-state index in [4.69, 9.17) is 4.74 Å². The van der Waals surface area contributed by atoms with Gasteiger partial charge in [-0.15, -0.1) is 13.2 Å². The lowest BCUT2D eigenvalue weighted by molar-refractivity contribution is -0.344. The van der Waals surface area contributed by atoms with Crippen LogP contribution in [0, 0.1) is 0 Å². The first-order valence-corrected chi connectivity index (χ1v) is 5.27. The number of hydrogen-bond acceptors (Lipinski definition) is 5. The third-order valence-corrected chi connectivity index (χ3v) is 2.47. The smallest absolute Gasteiger partial charge is 0.378 e. The number of methoxy groups -OCH3 is 1. The molecule has 1 aromatic heterocycles. The van der Waals surface area contributed by atoms with E-state index in [1.807, 2.05) is 0 Å². The number of hydrogen-bond donors (Lipinski definition) is 0. The summed E-state index contributed by atoms with van der Waals surface area (Å²) >= 11 is 0. The number of nitrogens with zero attached hydrogens (tertiary/aromatic N) is 3. The summed E-state index contributed by atoms with van der Waals surface area (Å²) in [6.45, 7) is 0.678. The van der Waals surface area contributed by atoms with Gasteiger partial charge in [0.15, 0.2) is 0 Å². The highest BCUT2D eigenvalue weighted by molar-refractivity contribution is 5.42. The van der Waals surface area contributed by atoms with Gasteiger partial charge in [0, 0.05) is 26.3 Å². The van der Waals surface area contributed by atoms with Crippen molar-refractivity contribution in [3.8, 4) is 0 Å². The number of rotatable bonds is 4. The molecule has 18 heavy (non-hydrogen) atoms. The van der Waals surface area contributed by atoms with E-state index in [0.717, 1.165) is 0 Å². The molecule has 8 heteroatoms. The van der Waals surface area contributed by atoms with Gasteiger partial charge in [-0.1, -0.05) is 0 Å². The van der Waals surface area contributed by atoms with E-state index in [-0.39, 0.29) is 13.1 Å². The van der Waals surface area contributed by atoms with Crippen molar-refractivity contribution >= 4 is 5.82 Å². The zero-order valence-corrected chi connectivity index (χ0v) is 9.65. The van der Waals surface area contributed by atoms with Crippen molar-refractivity contribution in [2.45, 2.75) is 19.1 Å². The molecule has 100 valence electrons. The standard InChI is InChI=1S/C10H12F3N3O2/c1-17-5-7-2-9(15-6-14-7)16-3-8(4-16)18-10(11,12)13/h2,6,8H,3-5H2,1H3. The average molecular weight is 263 g/mol. The van der Waals surface area contributed by atoms with E-state index in [1.54, 1.807) is 18.1 Å². The Morgan fingerprint density at radius 3 is 2.72 bits per heavy atom. The minimum absolute atomic E-state index is 0.170. The van der Waals surface area contributed by atoms with Gasteiger partial charge >= 0.3 is 6.36 Å². The lowest BCUT2D eigenvalue weighted by Crippen LogP contribution is -2.54. The van der Waals surface area contributed by atoms with Crippen molar-refractivity contribution in [2.75, 3.05) is 25.1 Å². The predicted octanol–water partition coefficient (Wildman–Crippen LogP) is 1.35. The molecule has 2 rings (SSSR count). The van der Waals surface area contributed by atoms with E-state index in [2.05, 4.69) is 14.7 Å². The van der Waals surface area contributed by atoms with Crippen LogP contribution in [0.25, 0.3) is 0 Å². The first-order valence-electron chi connectivity index (χ1n) is 5.27. The lowest BCUT2D eigenvalue weighted by atomic mass is 10.1. The Bertz CT molecular complexity index is 408. The van der Waals surface area contributed by atoms with Crippen LogP contribution in [-0.4, -0.2) is 42.6 Å². The molecule has 0 N–H and O–H groups in total. The number of ether oxygens (including phenoxy) is 2. The molecule has 2 heterocycles. The molecule has 0 spiro atoms. The Morgan fingerprint density at radius 1 is 1.39 bits per heavy atom. The summed E-state index contributed by atoms with van der Waals surface area (Å²) in [5.41, 5.74) is 0.683. The minimum atomic E-state index is -4.58. The van der Waals surface area contributed by atoms with Gasteiger partial charge in [-0.3, -0.25) is 4.74 Å². The Morgan fingerprint density at radius 2 is 2.11 bits per heavy atom. The molecule has 0 radical (unpaired) electrons. The molecule has 0 unspecified atom stereocenters. The summed E-state index contributed by atoms with van der Waals surface area (Å²) < 4.78 is 44.6. The normalized spacial score (nSPS) is 16.8. The second-order valence-electron chi connectivity index (χ2n) is 3.89. The highest BCUT2D eigenvalue weighted by Crippen LogP contribution is 2.26. The lowest BCUT2D eigenvalue weighted by Gasteiger charge is -2.39. The third-order valence-electron chi connectivity index (χ3n) is 2.47. The summed E-state index contributed by atoms with van der Waals surface area (Å²) in [5.74, 6) is 0.582. The topological polar surface area (TPSA) is 47.5 Å². The summed E-state index contributed by atoms with van der Waals surface area (Å²) in [6.07, 6.45) is -4.04. The van der Waals surface area contributed by atoms with Crippen LogP contribution < -0.4 is 4.90 Å². The van der Waals surface area contributed by atoms with Crippen LogP contribution in [0.1, 0.15) is 5.69 Å². The molecule has 0 saturated carbocycles. The third kappa shape index (κ3) is 3.30. The Labute approximate surface area is 102 Å². The molecule has 1 fully saturated rings. The monoisotopic (exact) mass is 263 g/mol. The minimum Gasteiger partial charge on any atom is -0.378 e.